The number of tetrazole rings is 1. The average molecular weight is 182 g/mol. The number of aryl methyl sites for hydroxylation is 1. The molecule has 0 spiro atoms. The van der Waals surface area contributed by atoms with Gasteiger partial charge in [-0.15, -0.1) is 0 Å². The van der Waals surface area contributed by atoms with Crippen LogP contribution in [0.15, 0.2) is 0 Å². The molecule has 6 heteroatoms. The second-order valence-corrected chi connectivity index (χ2v) is 3.35. The summed E-state index contributed by atoms with van der Waals surface area (Å²) >= 11 is 0. The molecule has 1 fully saturated rings. The van der Waals surface area contributed by atoms with Crippen LogP contribution in [0.4, 0.5) is 5.95 Å². The minimum Gasteiger partial charge on any atom is -0.334 e. The van der Waals surface area contributed by atoms with Crippen molar-refractivity contribution in [3.63, 3.8) is 0 Å². The van der Waals surface area contributed by atoms with Crippen molar-refractivity contribution in [1.82, 2.24) is 25.5 Å². The van der Waals surface area contributed by atoms with Crippen LogP contribution < -0.4 is 10.2 Å². The van der Waals surface area contributed by atoms with E-state index in [2.05, 4.69) is 32.7 Å². The van der Waals surface area contributed by atoms with Gasteiger partial charge in [0.25, 0.3) is 0 Å². The van der Waals surface area contributed by atoms with Crippen molar-refractivity contribution in [3.8, 4) is 0 Å². The molecule has 1 aromatic rings. The number of anilines is 1. The minimum absolute atomic E-state index is 0.457. The summed E-state index contributed by atoms with van der Waals surface area (Å²) in [6.45, 7) is 5.13. The molecule has 1 aliphatic rings. The Morgan fingerprint density at radius 3 is 3.00 bits per heavy atom. The van der Waals surface area contributed by atoms with Crippen molar-refractivity contribution in [3.05, 3.63) is 0 Å². The molecule has 0 radical (unpaired) electrons. The Morgan fingerprint density at radius 1 is 1.54 bits per heavy atom. The lowest BCUT2D eigenvalue weighted by molar-refractivity contribution is 0.485. The third-order valence-corrected chi connectivity index (χ3v) is 2.36. The number of aromatic nitrogens is 4. The first-order valence-corrected chi connectivity index (χ1v) is 4.49. The molecule has 13 heavy (non-hydrogen) atoms. The van der Waals surface area contributed by atoms with Crippen molar-refractivity contribution < 1.29 is 0 Å². The molecule has 2 rings (SSSR count). The molecule has 0 bridgehead atoms. The Labute approximate surface area is 76.9 Å². The molecule has 1 aromatic heterocycles. The molecule has 0 aromatic carbocycles. The fourth-order valence-corrected chi connectivity index (χ4v) is 1.61. The Morgan fingerprint density at radius 2 is 2.38 bits per heavy atom. The molecular formula is C7H14N6. The van der Waals surface area contributed by atoms with Gasteiger partial charge < -0.3 is 10.2 Å². The first-order valence-electron chi connectivity index (χ1n) is 4.49. The molecule has 1 saturated heterocycles. The lowest BCUT2D eigenvalue weighted by Crippen LogP contribution is -2.50. The van der Waals surface area contributed by atoms with E-state index < -0.39 is 0 Å². The predicted molar refractivity (Wildman–Crippen MR) is 48.5 cm³/mol. The first-order chi connectivity index (χ1) is 6.29. The van der Waals surface area contributed by atoms with Crippen molar-refractivity contribution in [2.24, 2.45) is 7.05 Å². The van der Waals surface area contributed by atoms with E-state index in [1.54, 1.807) is 4.68 Å². The van der Waals surface area contributed by atoms with Gasteiger partial charge in [-0.05, 0) is 17.4 Å². The number of hydrogen-bond donors (Lipinski definition) is 1. The summed E-state index contributed by atoms with van der Waals surface area (Å²) in [5, 5.41) is 14.8. The quantitative estimate of drug-likeness (QED) is 0.604. The maximum atomic E-state index is 3.99. The topological polar surface area (TPSA) is 58.9 Å². The van der Waals surface area contributed by atoms with E-state index in [0.717, 1.165) is 25.6 Å². The highest BCUT2D eigenvalue weighted by molar-refractivity contribution is 5.30. The highest BCUT2D eigenvalue weighted by Crippen LogP contribution is 2.12. The number of hydrogen-bond acceptors (Lipinski definition) is 5. The number of nitrogens with zero attached hydrogens (tertiary/aromatic N) is 5. The van der Waals surface area contributed by atoms with Crippen molar-refractivity contribution in [2.75, 3.05) is 24.5 Å². The molecule has 1 aliphatic heterocycles. The highest BCUT2D eigenvalue weighted by Gasteiger charge is 2.21. The average Bonchev–Trinajstić information content (AvgIpc) is 2.52. The van der Waals surface area contributed by atoms with Crippen LogP contribution in [-0.2, 0) is 7.05 Å². The van der Waals surface area contributed by atoms with E-state index in [1.165, 1.54) is 0 Å². The number of nitrogens with one attached hydrogen (secondary N) is 1. The van der Waals surface area contributed by atoms with Gasteiger partial charge in [0.05, 0.1) is 0 Å². The Hall–Kier alpha value is -1.17. The first kappa shape index (κ1) is 8.43. The summed E-state index contributed by atoms with van der Waals surface area (Å²) in [5.74, 6) is 0.856. The molecule has 1 N–H and O–H groups in total. The van der Waals surface area contributed by atoms with Crippen LogP contribution >= 0.6 is 0 Å². The Kier molecular flexibility index (Phi) is 2.13. The van der Waals surface area contributed by atoms with Gasteiger partial charge in [0.2, 0.25) is 5.95 Å². The zero-order chi connectivity index (χ0) is 9.26. The van der Waals surface area contributed by atoms with Crippen LogP contribution in [0.25, 0.3) is 0 Å². The largest absolute Gasteiger partial charge is 0.334 e. The van der Waals surface area contributed by atoms with E-state index >= 15 is 0 Å². The van der Waals surface area contributed by atoms with Crippen LogP contribution in [0.2, 0.25) is 0 Å². The predicted octanol–water partition coefficient (Wildman–Crippen LogP) is -0.992. The Bertz CT molecular complexity index is 282. The van der Waals surface area contributed by atoms with Crippen LogP contribution in [0.3, 0.4) is 0 Å². The molecule has 0 amide bonds. The van der Waals surface area contributed by atoms with Gasteiger partial charge in [-0.1, -0.05) is 5.10 Å². The molecule has 6 nitrogen and oxygen atoms in total. The lowest BCUT2D eigenvalue weighted by Gasteiger charge is -2.33. The summed E-state index contributed by atoms with van der Waals surface area (Å²) in [6.07, 6.45) is 0. The maximum absolute atomic E-state index is 3.99. The van der Waals surface area contributed by atoms with Gasteiger partial charge in [-0.2, -0.15) is 0 Å². The smallest absolute Gasteiger partial charge is 0.245 e. The zero-order valence-corrected chi connectivity index (χ0v) is 7.93. The second kappa shape index (κ2) is 3.29. The zero-order valence-electron chi connectivity index (χ0n) is 7.93. The van der Waals surface area contributed by atoms with Crippen LogP contribution in [-0.4, -0.2) is 45.9 Å². The van der Waals surface area contributed by atoms with Gasteiger partial charge >= 0.3 is 0 Å². The molecule has 2 heterocycles. The van der Waals surface area contributed by atoms with Crippen molar-refractivity contribution in [1.29, 1.82) is 0 Å². The molecule has 0 saturated carbocycles. The molecule has 72 valence electrons. The summed E-state index contributed by atoms with van der Waals surface area (Å²) < 4.78 is 1.71. The van der Waals surface area contributed by atoms with Crippen LogP contribution in [0.1, 0.15) is 6.92 Å². The minimum atomic E-state index is 0.457. The second-order valence-electron chi connectivity index (χ2n) is 3.35. The van der Waals surface area contributed by atoms with Gasteiger partial charge in [-0.3, -0.25) is 0 Å². The molecule has 1 atom stereocenters. The number of piperazine rings is 1. The van der Waals surface area contributed by atoms with E-state index in [0.29, 0.717) is 6.04 Å². The molecule has 1 unspecified atom stereocenters. The van der Waals surface area contributed by atoms with Gasteiger partial charge in [0.15, 0.2) is 0 Å². The standard InChI is InChI=1S/C7H14N6/c1-6-5-8-3-4-13(6)7-9-10-11-12(7)2/h6,8H,3-5H2,1-2H3. The van der Waals surface area contributed by atoms with Crippen molar-refractivity contribution >= 4 is 5.95 Å². The SMILES string of the molecule is CC1CNCCN1c1nnnn1C. The summed E-state index contributed by atoms with van der Waals surface area (Å²) in [4.78, 5) is 2.22. The summed E-state index contributed by atoms with van der Waals surface area (Å²) in [7, 11) is 1.87. The monoisotopic (exact) mass is 182 g/mol. The van der Waals surface area contributed by atoms with Gasteiger partial charge in [0, 0.05) is 32.7 Å². The van der Waals surface area contributed by atoms with Crippen molar-refractivity contribution in [2.45, 2.75) is 13.0 Å². The van der Waals surface area contributed by atoms with E-state index in [4.69, 9.17) is 0 Å². The Balaban J connectivity index is 2.19. The van der Waals surface area contributed by atoms with Gasteiger partial charge in [0.1, 0.15) is 0 Å². The summed E-state index contributed by atoms with van der Waals surface area (Å²) in [6, 6.07) is 0.457. The number of rotatable bonds is 1. The highest BCUT2D eigenvalue weighted by atomic mass is 15.6. The van der Waals surface area contributed by atoms with E-state index in [9.17, 15) is 0 Å². The normalized spacial score (nSPS) is 23.5. The van der Waals surface area contributed by atoms with Crippen LogP contribution in [0.5, 0.6) is 0 Å². The van der Waals surface area contributed by atoms with Gasteiger partial charge in [-0.25, -0.2) is 4.68 Å². The van der Waals surface area contributed by atoms with E-state index in [1.807, 2.05) is 7.05 Å². The van der Waals surface area contributed by atoms with Crippen LogP contribution in [0, 0.1) is 0 Å². The fourth-order valence-electron chi connectivity index (χ4n) is 1.61. The maximum Gasteiger partial charge on any atom is 0.245 e. The third kappa shape index (κ3) is 1.49. The summed E-state index contributed by atoms with van der Waals surface area (Å²) in [5.41, 5.74) is 0. The molecule has 0 aliphatic carbocycles. The fraction of sp³-hybridized carbons (Fsp3) is 0.857. The molecular weight excluding hydrogens is 168 g/mol. The van der Waals surface area contributed by atoms with E-state index in [-0.39, 0.29) is 0 Å². The third-order valence-electron chi connectivity index (χ3n) is 2.36. The lowest BCUT2D eigenvalue weighted by atomic mass is 10.2.